The number of carbonyl (C=O) groups excluding carboxylic acids is 4. The fourth-order valence-electron chi connectivity index (χ4n) is 1.94. The van der Waals surface area contributed by atoms with Gasteiger partial charge in [-0.05, 0) is 32.8 Å². The summed E-state index contributed by atoms with van der Waals surface area (Å²) < 4.78 is 19.5. The van der Waals surface area contributed by atoms with Gasteiger partial charge in [-0.3, -0.25) is 4.79 Å². The molecule has 1 aromatic rings. The Bertz CT molecular complexity index is 696. The second-order valence-electron chi connectivity index (χ2n) is 7.09. The molecule has 29 heavy (non-hydrogen) atoms. The van der Waals surface area contributed by atoms with E-state index < -0.39 is 42.1 Å². The van der Waals surface area contributed by atoms with Crippen molar-refractivity contribution in [2.75, 3.05) is 13.2 Å². The summed E-state index contributed by atoms with van der Waals surface area (Å²) in [7, 11) is 0. The molecular formula is C20H27NO8. The predicted molar refractivity (Wildman–Crippen MR) is 101 cm³/mol. The minimum atomic E-state index is -1.65. The summed E-state index contributed by atoms with van der Waals surface area (Å²) in [5.74, 6) is -3.29. The standard InChI is InChI=1S/C20H27NO8/c1-20(2,3)29-19(25)17(21)18(24)28-13-16(23)26-11-7-10-15(22)27-12-14-8-5-4-6-9-14/h4-6,8-9,17H,7,10-13,21H2,1-3H3. The first-order chi connectivity index (χ1) is 13.6. The Labute approximate surface area is 169 Å². The van der Waals surface area contributed by atoms with Crippen LogP contribution in [0.25, 0.3) is 0 Å². The summed E-state index contributed by atoms with van der Waals surface area (Å²) in [6.07, 6.45) is 0.328. The largest absolute Gasteiger partial charge is 0.463 e. The van der Waals surface area contributed by atoms with Crippen molar-refractivity contribution in [2.24, 2.45) is 5.73 Å². The molecule has 1 aromatic carbocycles. The van der Waals surface area contributed by atoms with Gasteiger partial charge in [0.25, 0.3) is 0 Å². The molecule has 0 bridgehead atoms. The molecule has 0 fully saturated rings. The maximum Gasteiger partial charge on any atom is 0.344 e. The number of rotatable bonds is 10. The van der Waals surface area contributed by atoms with E-state index in [1.807, 2.05) is 30.3 Å². The molecule has 9 heteroatoms. The van der Waals surface area contributed by atoms with Crippen LogP contribution in [-0.4, -0.2) is 48.7 Å². The molecule has 0 saturated heterocycles. The van der Waals surface area contributed by atoms with Crippen molar-refractivity contribution < 1.29 is 38.1 Å². The second-order valence-corrected chi connectivity index (χ2v) is 7.09. The Hall–Kier alpha value is -2.94. The van der Waals surface area contributed by atoms with Crippen LogP contribution in [0.4, 0.5) is 0 Å². The lowest BCUT2D eigenvalue weighted by Gasteiger charge is -2.21. The normalized spacial score (nSPS) is 11.9. The van der Waals surface area contributed by atoms with Gasteiger partial charge in [-0.1, -0.05) is 30.3 Å². The van der Waals surface area contributed by atoms with E-state index in [0.29, 0.717) is 0 Å². The molecule has 0 aliphatic rings. The topological polar surface area (TPSA) is 131 Å². The van der Waals surface area contributed by atoms with Crippen molar-refractivity contribution in [1.29, 1.82) is 0 Å². The number of esters is 4. The molecule has 1 rings (SSSR count). The van der Waals surface area contributed by atoms with Crippen LogP contribution < -0.4 is 5.73 Å². The van der Waals surface area contributed by atoms with E-state index in [1.165, 1.54) is 0 Å². The molecule has 0 heterocycles. The van der Waals surface area contributed by atoms with Gasteiger partial charge in [0.15, 0.2) is 6.61 Å². The van der Waals surface area contributed by atoms with Crippen LogP contribution in [0.1, 0.15) is 39.2 Å². The second kappa shape index (κ2) is 11.8. The van der Waals surface area contributed by atoms with Gasteiger partial charge in [-0.25, -0.2) is 14.4 Å². The molecule has 2 N–H and O–H groups in total. The van der Waals surface area contributed by atoms with Crippen molar-refractivity contribution >= 4 is 23.9 Å². The lowest BCUT2D eigenvalue weighted by Crippen LogP contribution is -2.44. The number of benzene rings is 1. The highest BCUT2D eigenvalue weighted by atomic mass is 16.6. The molecule has 160 valence electrons. The molecule has 0 aliphatic carbocycles. The highest BCUT2D eigenvalue weighted by Crippen LogP contribution is 2.08. The van der Waals surface area contributed by atoms with Crippen LogP contribution in [0, 0.1) is 0 Å². The van der Waals surface area contributed by atoms with Gasteiger partial charge in [0.05, 0.1) is 6.61 Å². The first kappa shape index (κ1) is 24.1. The number of hydrogen-bond acceptors (Lipinski definition) is 9. The van der Waals surface area contributed by atoms with Crippen molar-refractivity contribution in [3.05, 3.63) is 35.9 Å². The quantitative estimate of drug-likeness (QED) is 0.262. The lowest BCUT2D eigenvalue weighted by molar-refractivity contribution is -0.168. The average molecular weight is 409 g/mol. The fraction of sp³-hybridized carbons (Fsp3) is 0.500. The molecule has 0 aromatic heterocycles. The Morgan fingerprint density at radius 3 is 2.21 bits per heavy atom. The van der Waals surface area contributed by atoms with Gasteiger partial charge in [-0.2, -0.15) is 0 Å². The zero-order valence-electron chi connectivity index (χ0n) is 16.8. The Morgan fingerprint density at radius 1 is 0.931 bits per heavy atom. The van der Waals surface area contributed by atoms with Gasteiger partial charge in [0.2, 0.25) is 6.04 Å². The van der Waals surface area contributed by atoms with Crippen LogP contribution in [0.15, 0.2) is 30.3 Å². The molecule has 1 unspecified atom stereocenters. The fourth-order valence-corrected chi connectivity index (χ4v) is 1.94. The minimum absolute atomic E-state index is 0.0467. The number of ether oxygens (including phenoxy) is 4. The molecule has 0 aliphatic heterocycles. The molecule has 0 spiro atoms. The molecule has 0 amide bonds. The van der Waals surface area contributed by atoms with E-state index in [1.54, 1.807) is 20.8 Å². The molecule has 0 saturated carbocycles. The van der Waals surface area contributed by atoms with Crippen molar-refractivity contribution in [3.63, 3.8) is 0 Å². The highest BCUT2D eigenvalue weighted by molar-refractivity contribution is 5.99. The summed E-state index contributed by atoms with van der Waals surface area (Å²) >= 11 is 0. The summed E-state index contributed by atoms with van der Waals surface area (Å²) in [5, 5.41) is 0. The number of hydrogen-bond donors (Lipinski definition) is 1. The van der Waals surface area contributed by atoms with Gasteiger partial charge in [0.1, 0.15) is 12.2 Å². The molecule has 9 nitrogen and oxygen atoms in total. The molecule has 0 radical (unpaired) electrons. The van der Waals surface area contributed by atoms with Gasteiger partial charge in [0, 0.05) is 6.42 Å². The van der Waals surface area contributed by atoms with Crippen LogP contribution in [0.2, 0.25) is 0 Å². The zero-order valence-corrected chi connectivity index (χ0v) is 16.8. The van der Waals surface area contributed by atoms with Crippen LogP contribution in [0.3, 0.4) is 0 Å². The van der Waals surface area contributed by atoms with Crippen molar-refractivity contribution in [1.82, 2.24) is 0 Å². The lowest BCUT2D eigenvalue weighted by atomic mass is 10.2. The Balaban J connectivity index is 2.16. The Kier molecular flexibility index (Phi) is 9.81. The van der Waals surface area contributed by atoms with Crippen molar-refractivity contribution in [3.8, 4) is 0 Å². The molecular weight excluding hydrogens is 382 g/mol. The van der Waals surface area contributed by atoms with Gasteiger partial charge >= 0.3 is 23.9 Å². The van der Waals surface area contributed by atoms with Crippen LogP contribution >= 0.6 is 0 Å². The van der Waals surface area contributed by atoms with Crippen LogP contribution in [0.5, 0.6) is 0 Å². The summed E-state index contributed by atoms with van der Waals surface area (Å²) in [6.45, 7) is 4.30. The van der Waals surface area contributed by atoms with Gasteiger partial charge in [-0.15, -0.1) is 0 Å². The maximum atomic E-state index is 11.7. The minimum Gasteiger partial charge on any atom is -0.463 e. The van der Waals surface area contributed by atoms with E-state index in [2.05, 4.69) is 4.74 Å². The van der Waals surface area contributed by atoms with E-state index in [0.717, 1.165) is 5.56 Å². The molecule has 1 atom stereocenters. The third-order valence-corrected chi connectivity index (χ3v) is 3.28. The monoisotopic (exact) mass is 409 g/mol. The highest BCUT2D eigenvalue weighted by Gasteiger charge is 2.29. The van der Waals surface area contributed by atoms with E-state index in [-0.39, 0.29) is 26.1 Å². The maximum absolute atomic E-state index is 11.7. The third-order valence-electron chi connectivity index (χ3n) is 3.28. The van der Waals surface area contributed by atoms with E-state index in [4.69, 9.17) is 19.9 Å². The van der Waals surface area contributed by atoms with Crippen molar-refractivity contribution in [2.45, 2.75) is 51.9 Å². The summed E-state index contributed by atoms with van der Waals surface area (Å²) in [5.41, 5.74) is 5.49. The summed E-state index contributed by atoms with van der Waals surface area (Å²) in [6, 6.07) is 7.57. The van der Waals surface area contributed by atoms with Crippen LogP contribution in [-0.2, 0) is 44.7 Å². The number of carbonyl (C=O) groups is 4. The van der Waals surface area contributed by atoms with E-state index in [9.17, 15) is 19.2 Å². The first-order valence-electron chi connectivity index (χ1n) is 9.09. The Morgan fingerprint density at radius 2 is 1.59 bits per heavy atom. The third kappa shape index (κ3) is 10.8. The average Bonchev–Trinajstić information content (AvgIpc) is 2.66. The predicted octanol–water partition coefficient (Wildman–Crippen LogP) is 1.27. The van der Waals surface area contributed by atoms with E-state index >= 15 is 0 Å². The first-order valence-corrected chi connectivity index (χ1v) is 9.09. The smallest absolute Gasteiger partial charge is 0.344 e. The zero-order chi connectivity index (χ0) is 21.9. The number of nitrogens with two attached hydrogens (primary N) is 1. The summed E-state index contributed by atoms with van der Waals surface area (Å²) in [4.78, 5) is 46.5. The van der Waals surface area contributed by atoms with Gasteiger partial charge < -0.3 is 24.7 Å². The SMILES string of the molecule is CC(C)(C)OC(=O)C(N)C(=O)OCC(=O)OCCCC(=O)OCc1ccccc1.